The van der Waals surface area contributed by atoms with E-state index in [-0.39, 0.29) is 0 Å². The van der Waals surface area contributed by atoms with Gasteiger partial charge in [-0.25, -0.2) is 4.98 Å². The molecule has 0 aliphatic heterocycles. The number of nitrogens with one attached hydrogen (secondary N) is 1. The molecule has 0 unspecified atom stereocenters. The number of imidazole rings is 1. The number of rotatable bonds is 2. The van der Waals surface area contributed by atoms with E-state index in [9.17, 15) is 0 Å². The van der Waals surface area contributed by atoms with Gasteiger partial charge in [0.05, 0.1) is 5.69 Å². The lowest BCUT2D eigenvalue weighted by Crippen LogP contribution is -2.23. The Labute approximate surface area is 102 Å². The second kappa shape index (κ2) is 4.40. The highest BCUT2D eigenvalue weighted by molar-refractivity contribution is 5.55. The van der Waals surface area contributed by atoms with Crippen LogP contribution in [0.4, 0.5) is 5.82 Å². The first kappa shape index (κ1) is 10.6. The number of nitrogens with zero attached hydrogens (tertiary/aromatic N) is 2. The van der Waals surface area contributed by atoms with Crippen LogP contribution in [-0.4, -0.2) is 15.4 Å². The summed E-state index contributed by atoms with van der Waals surface area (Å²) in [5, 5.41) is 3.67. The molecule has 0 amide bonds. The van der Waals surface area contributed by atoms with E-state index in [4.69, 9.17) is 0 Å². The lowest BCUT2D eigenvalue weighted by atomic mass is 9.95. The van der Waals surface area contributed by atoms with Crippen molar-refractivity contribution in [2.75, 3.05) is 5.32 Å². The Hall–Kier alpha value is -1.51. The molecule has 1 saturated carbocycles. The van der Waals surface area contributed by atoms with E-state index in [1.807, 2.05) is 6.07 Å². The molecule has 0 radical (unpaired) electrons. The number of aromatic nitrogens is 2. The van der Waals surface area contributed by atoms with Gasteiger partial charge >= 0.3 is 0 Å². The normalized spacial score (nSPS) is 17.5. The van der Waals surface area contributed by atoms with E-state index in [1.165, 1.54) is 37.9 Å². The number of hydrogen-bond donors (Lipinski definition) is 1. The van der Waals surface area contributed by atoms with Crippen LogP contribution in [0.5, 0.6) is 0 Å². The molecule has 3 heteroatoms. The second-order valence-corrected chi connectivity index (χ2v) is 4.95. The molecule has 0 spiro atoms. The van der Waals surface area contributed by atoms with Gasteiger partial charge < -0.3 is 5.32 Å². The fourth-order valence-electron chi connectivity index (χ4n) is 2.73. The summed E-state index contributed by atoms with van der Waals surface area (Å²) in [5.41, 5.74) is 2.13. The lowest BCUT2D eigenvalue weighted by Gasteiger charge is -2.23. The maximum Gasteiger partial charge on any atom is 0.138 e. The molecule has 3 rings (SSSR count). The summed E-state index contributed by atoms with van der Waals surface area (Å²) in [5.74, 6) is 1.17. The van der Waals surface area contributed by atoms with Gasteiger partial charge in [-0.3, -0.25) is 4.40 Å². The van der Waals surface area contributed by atoms with E-state index in [2.05, 4.69) is 40.0 Å². The summed E-state index contributed by atoms with van der Waals surface area (Å²) in [6, 6.07) is 6.77. The Morgan fingerprint density at radius 1 is 1.24 bits per heavy atom. The van der Waals surface area contributed by atoms with Gasteiger partial charge in [-0.05, 0) is 31.9 Å². The minimum atomic E-state index is 0.627. The Bertz CT molecular complexity index is 509. The van der Waals surface area contributed by atoms with Crippen LogP contribution in [0.1, 0.15) is 37.8 Å². The van der Waals surface area contributed by atoms with Crippen molar-refractivity contribution >= 4 is 11.5 Å². The Balaban J connectivity index is 1.90. The molecule has 0 saturated heterocycles. The third-order valence-electron chi connectivity index (χ3n) is 3.65. The molecule has 1 fully saturated rings. The van der Waals surface area contributed by atoms with Crippen LogP contribution in [0.15, 0.2) is 24.4 Å². The summed E-state index contributed by atoms with van der Waals surface area (Å²) in [4.78, 5) is 4.58. The molecule has 0 aromatic carbocycles. The van der Waals surface area contributed by atoms with E-state index in [1.54, 1.807) is 0 Å². The van der Waals surface area contributed by atoms with E-state index < -0.39 is 0 Å². The molecule has 1 aliphatic carbocycles. The zero-order chi connectivity index (χ0) is 11.7. The van der Waals surface area contributed by atoms with Crippen molar-refractivity contribution in [3.63, 3.8) is 0 Å². The highest BCUT2D eigenvalue weighted by Gasteiger charge is 2.16. The smallest absolute Gasteiger partial charge is 0.138 e. The van der Waals surface area contributed by atoms with Gasteiger partial charge in [-0.1, -0.05) is 25.3 Å². The van der Waals surface area contributed by atoms with Crippen LogP contribution < -0.4 is 5.32 Å². The Morgan fingerprint density at radius 2 is 2.06 bits per heavy atom. The van der Waals surface area contributed by atoms with Gasteiger partial charge in [-0.2, -0.15) is 0 Å². The van der Waals surface area contributed by atoms with Crippen LogP contribution in [-0.2, 0) is 0 Å². The molecular formula is C14H19N3. The first-order valence-electron chi connectivity index (χ1n) is 6.55. The molecule has 0 atom stereocenters. The first-order valence-corrected chi connectivity index (χ1v) is 6.55. The Morgan fingerprint density at radius 3 is 2.88 bits per heavy atom. The minimum absolute atomic E-state index is 0.627. The number of hydrogen-bond acceptors (Lipinski definition) is 2. The molecule has 90 valence electrons. The van der Waals surface area contributed by atoms with E-state index in [0.717, 1.165) is 11.3 Å². The topological polar surface area (TPSA) is 29.3 Å². The van der Waals surface area contributed by atoms with Crippen molar-refractivity contribution in [2.45, 2.75) is 45.1 Å². The van der Waals surface area contributed by atoms with Crippen LogP contribution >= 0.6 is 0 Å². The molecule has 1 aliphatic rings. The molecule has 3 nitrogen and oxygen atoms in total. The van der Waals surface area contributed by atoms with E-state index >= 15 is 0 Å². The van der Waals surface area contributed by atoms with Gasteiger partial charge in [0.15, 0.2) is 0 Å². The van der Waals surface area contributed by atoms with Crippen LogP contribution in [0.25, 0.3) is 5.65 Å². The average Bonchev–Trinajstić information content (AvgIpc) is 2.68. The fraction of sp³-hybridized carbons (Fsp3) is 0.500. The largest absolute Gasteiger partial charge is 0.367 e. The number of aryl methyl sites for hydroxylation is 1. The molecule has 2 aromatic heterocycles. The summed E-state index contributed by atoms with van der Waals surface area (Å²) in [6.07, 6.45) is 8.77. The number of anilines is 1. The highest BCUT2D eigenvalue weighted by Crippen LogP contribution is 2.24. The van der Waals surface area contributed by atoms with Crippen LogP contribution in [0.2, 0.25) is 0 Å². The fourth-order valence-corrected chi connectivity index (χ4v) is 2.73. The summed E-state index contributed by atoms with van der Waals surface area (Å²) in [7, 11) is 0. The van der Waals surface area contributed by atoms with Gasteiger partial charge in [-0.15, -0.1) is 0 Å². The number of pyridine rings is 1. The zero-order valence-electron chi connectivity index (χ0n) is 10.3. The van der Waals surface area contributed by atoms with Crippen molar-refractivity contribution in [1.29, 1.82) is 0 Å². The lowest BCUT2D eigenvalue weighted by molar-refractivity contribution is 0.461. The van der Waals surface area contributed by atoms with Crippen molar-refractivity contribution in [3.05, 3.63) is 30.1 Å². The van der Waals surface area contributed by atoms with Gasteiger partial charge in [0, 0.05) is 12.2 Å². The average molecular weight is 229 g/mol. The van der Waals surface area contributed by atoms with Crippen molar-refractivity contribution < 1.29 is 0 Å². The van der Waals surface area contributed by atoms with Gasteiger partial charge in [0.2, 0.25) is 0 Å². The van der Waals surface area contributed by atoms with E-state index in [0.29, 0.717) is 6.04 Å². The molecular weight excluding hydrogens is 210 g/mol. The molecule has 17 heavy (non-hydrogen) atoms. The minimum Gasteiger partial charge on any atom is -0.367 e. The SMILES string of the molecule is Cc1nc2ccccn2c1NC1CCCCC1. The molecule has 2 heterocycles. The van der Waals surface area contributed by atoms with Crippen LogP contribution in [0.3, 0.4) is 0 Å². The Kier molecular flexibility index (Phi) is 2.75. The predicted molar refractivity (Wildman–Crippen MR) is 70.4 cm³/mol. The maximum absolute atomic E-state index is 4.58. The highest BCUT2D eigenvalue weighted by atomic mass is 15.1. The maximum atomic E-state index is 4.58. The molecule has 0 bridgehead atoms. The quantitative estimate of drug-likeness (QED) is 0.855. The van der Waals surface area contributed by atoms with Crippen molar-refractivity contribution in [1.82, 2.24) is 9.38 Å². The van der Waals surface area contributed by atoms with Crippen molar-refractivity contribution in [3.8, 4) is 0 Å². The second-order valence-electron chi connectivity index (χ2n) is 4.95. The monoisotopic (exact) mass is 229 g/mol. The summed E-state index contributed by atoms with van der Waals surface area (Å²) in [6.45, 7) is 2.08. The number of fused-ring (bicyclic) bond motifs is 1. The third kappa shape index (κ3) is 2.02. The zero-order valence-corrected chi connectivity index (χ0v) is 10.3. The predicted octanol–water partition coefficient (Wildman–Crippen LogP) is 3.39. The molecule has 2 aromatic rings. The van der Waals surface area contributed by atoms with Gasteiger partial charge in [0.1, 0.15) is 11.5 Å². The third-order valence-corrected chi connectivity index (χ3v) is 3.65. The molecule has 1 N–H and O–H groups in total. The summed E-state index contributed by atoms with van der Waals surface area (Å²) < 4.78 is 2.16. The standard InChI is InChI=1S/C14H19N3/c1-11-14(16-12-7-3-2-4-8-12)17-10-6-5-9-13(17)15-11/h5-6,9-10,12,16H,2-4,7-8H2,1H3. The van der Waals surface area contributed by atoms with Crippen LogP contribution in [0, 0.1) is 6.92 Å². The van der Waals surface area contributed by atoms with Gasteiger partial charge in [0.25, 0.3) is 0 Å². The first-order chi connectivity index (χ1) is 8.34. The summed E-state index contributed by atoms with van der Waals surface area (Å²) >= 11 is 0. The van der Waals surface area contributed by atoms with Crippen molar-refractivity contribution in [2.24, 2.45) is 0 Å².